The van der Waals surface area contributed by atoms with E-state index < -0.39 is 0 Å². The molecule has 0 aromatic heterocycles. The van der Waals surface area contributed by atoms with E-state index in [1.165, 1.54) is 0 Å². The normalized spacial score (nSPS) is 15.3. The van der Waals surface area contributed by atoms with Crippen molar-refractivity contribution in [3.63, 3.8) is 0 Å². The molecule has 0 saturated carbocycles. The van der Waals surface area contributed by atoms with Gasteiger partial charge >= 0.3 is 0 Å². The zero-order valence-electron chi connectivity index (χ0n) is 11.4. The van der Waals surface area contributed by atoms with E-state index >= 15 is 0 Å². The standard InChI is InChI=1S/C17H14O4/c1-2-4-16-14(3-1)20-11-13(21-16)9-12-5-6-15-17(10-12)19-8-7-18-15/h1-6,10-11H,7-9H2. The first-order chi connectivity index (χ1) is 10.4. The summed E-state index contributed by atoms with van der Waals surface area (Å²) in [6.07, 6.45) is 2.30. The Kier molecular flexibility index (Phi) is 2.92. The quantitative estimate of drug-likeness (QED) is 0.846. The molecular weight excluding hydrogens is 268 g/mol. The van der Waals surface area contributed by atoms with Gasteiger partial charge in [-0.1, -0.05) is 18.2 Å². The maximum absolute atomic E-state index is 5.84. The van der Waals surface area contributed by atoms with E-state index in [-0.39, 0.29) is 0 Å². The molecule has 0 fully saturated rings. The Morgan fingerprint density at radius 1 is 0.810 bits per heavy atom. The highest BCUT2D eigenvalue weighted by Gasteiger charge is 2.16. The first-order valence-corrected chi connectivity index (χ1v) is 6.89. The Labute approximate surface area is 122 Å². The zero-order valence-corrected chi connectivity index (χ0v) is 11.4. The van der Waals surface area contributed by atoms with Crippen LogP contribution in [0.3, 0.4) is 0 Å². The van der Waals surface area contributed by atoms with Gasteiger partial charge in [0, 0.05) is 6.42 Å². The molecule has 2 aromatic carbocycles. The number of benzene rings is 2. The Morgan fingerprint density at radius 3 is 2.52 bits per heavy atom. The molecule has 0 unspecified atom stereocenters. The Morgan fingerprint density at radius 2 is 1.62 bits per heavy atom. The molecule has 0 amide bonds. The van der Waals surface area contributed by atoms with Gasteiger partial charge in [0.05, 0.1) is 0 Å². The van der Waals surface area contributed by atoms with Crippen molar-refractivity contribution in [1.82, 2.24) is 0 Å². The van der Waals surface area contributed by atoms with Crippen LogP contribution in [0.4, 0.5) is 0 Å². The molecule has 0 spiro atoms. The second kappa shape index (κ2) is 5.05. The molecule has 0 bridgehead atoms. The lowest BCUT2D eigenvalue weighted by Crippen LogP contribution is -2.15. The van der Waals surface area contributed by atoms with Gasteiger partial charge in [0.15, 0.2) is 23.0 Å². The summed E-state index contributed by atoms with van der Waals surface area (Å²) in [5.41, 5.74) is 1.09. The second-order valence-electron chi connectivity index (χ2n) is 4.91. The van der Waals surface area contributed by atoms with Crippen molar-refractivity contribution in [1.29, 1.82) is 0 Å². The van der Waals surface area contributed by atoms with E-state index in [0.29, 0.717) is 19.6 Å². The fourth-order valence-electron chi connectivity index (χ4n) is 2.40. The number of para-hydroxylation sites is 2. The third-order valence-corrected chi connectivity index (χ3v) is 3.39. The highest BCUT2D eigenvalue weighted by molar-refractivity contribution is 5.46. The number of ether oxygens (including phenoxy) is 4. The molecule has 0 aliphatic carbocycles. The molecule has 4 heteroatoms. The minimum Gasteiger partial charge on any atom is -0.486 e. The SMILES string of the molecule is C1=C(Cc2ccc3c(c2)OCCO3)Oc2ccccc2O1. The van der Waals surface area contributed by atoms with Crippen LogP contribution in [0.5, 0.6) is 23.0 Å². The Bertz CT molecular complexity index is 706. The minimum absolute atomic E-state index is 0.589. The third-order valence-electron chi connectivity index (χ3n) is 3.39. The van der Waals surface area contributed by atoms with Gasteiger partial charge in [-0.3, -0.25) is 0 Å². The van der Waals surface area contributed by atoms with Crippen molar-refractivity contribution in [2.24, 2.45) is 0 Å². The summed E-state index contributed by atoms with van der Waals surface area (Å²) >= 11 is 0. The van der Waals surface area contributed by atoms with Crippen molar-refractivity contribution in [2.45, 2.75) is 6.42 Å². The monoisotopic (exact) mass is 282 g/mol. The molecule has 0 atom stereocenters. The Balaban J connectivity index is 1.53. The molecule has 0 N–H and O–H groups in total. The lowest BCUT2D eigenvalue weighted by molar-refractivity contribution is 0.171. The lowest BCUT2D eigenvalue weighted by Gasteiger charge is -2.20. The fraction of sp³-hybridized carbons (Fsp3) is 0.176. The predicted octanol–water partition coefficient (Wildman–Crippen LogP) is 3.31. The molecule has 2 aliphatic heterocycles. The molecule has 4 nitrogen and oxygen atoms in total. The zero-order chi connectivity index (χ0) is 14.1. The molecule has 0 saturated heterocycles. The van der Waals surface area contributed by atoms with Crippen LogP contribution in [0.15, 0.2) is 54.5 Å². The summed E-state index contributed by atoms with van der Waals surface area (Å²) in [5, 5.41) is 0. The van der Waals surface area contributed by atoms with Gasteiger partial charge < -0.3 is 18.9 Å². The Hall–Kier alpha value is -2.62. The van der Waals surface area contributed by atoms with Gasteiger partial charge in [-0.2, -0.15) is 0 Å². The molecular formula is C17H14O4. The van der Waals surface area contributed by atoms with E-state index in [1.54, 1.807) is 6.26 Å². The van der Waals surface area contributed by atoms with E-state index in [9.17, 15) is 0 Å². The van der Waals surface area contributed by atoms with Gasteiger partial charge in [0.25, 0.3) is 0 Å². The minimum atomic E-state index is 0.589. The summed E-state index contributed by atoms with van der Waals surface area (Å²) < 4.78 is 22.5. The number of allylic oxidation sites excluding steroid dienone is 1. The van der Waals surface area contributed by atoms with Crippen LogP contribution < -0.4 is 18.9 Å². The average molecular weight is 282 g/mol. The first kappa shape index (κ1) is 12.1. The molecule has 0 radical (unpaired) electrons. The van der Waals surface area contributed by atoms with Gasteiger partial charge in [-0.05, 0) is 29.8 Å². The third kappa shape index (κ3) is 2.40. The van der Waals surface area contributed by atoms with Gasteiger partial charge in [-0.15, -0.1) is 0 Å². The molecule has 2 aliphatic rings. The molecule has 2 aromatic rings. The largest absolute Gasteiger partial charge is 0.486 e. The summed E-state index contributed by atoms with van der Waals surface area (Å²) in [5.74, 6) is 3.84. The van der Waals surface area contributed by atoms with Crippen molar-refractivity contribution in [3.8, 4) is 23.0 Å². The summed E-state index contributed by atoms with van der Waals surface area (Å²) in [6.45, 7) is 1.19. The predicted molar refractivity (Wildman–Crippen MR) is 76.9 cm³/mol. The smallest absolute Gasteiger partial charge is 0.169 e. The number of rotatable bonds is 2. The summed E-state index contributed by atoms with van der Waals surface area (Å²) in [6, 6.07) is 13.6. The van der Waals surface area contributed by atoms with Crippen molar-refractivity contribution in [3.05, 3.63) is 60.0 Å². The van der Waals surface area contributed by atoms with Gasteiger partial charge in [0.2, 0.25) is 0 Å². The van der Waals surface area contributed by atoms with E-state index in [1.807, 2.05) is 42.5 Å². The first-order valence-electron chi connectivity index (χ1n) is 6.89. The number of hydrogen-bond acceptors (Lipinski definition) is 4. The maximum atomic E-state index is 5.84. The maximum Gasteiger partial charge on any atom is 0.169 e. The van der Waals surface area contributed by atoms with E-state index in [0.717, 1.165) is 34.3 Å². The van der Waals surface area contributed by atoms with Gasteiger partial charge in [-0.25, -0.2) is 0 Å². The second-order valence-corrected chi connectivity index (χ2v) is 4.91. The topological polar surface area (TPSA) is 36.9 Å². The average Bonchev–Trinajstić information content (AvgIpc) is 2.55. The lowest BCUT2D eigenvalue weighted by atomic mass is 10.1. The highest BCUT2D eigenvalue weighted by Crippen LogP contribution is 2.34. The van der Waals surface area contributed by atoms with Gasteiger partial charge in [0.1, 0.15) is 25.2 Å². The van der Waals surface area contributed by atoms with Crippen LogP contribution in [-0.2, 0) is 6.42 Å². The van der Waals surface area contributed by atoms with Crippen LogP contribution in [0.1, 0.15) is 5.56 Å². The molecule has 106 valence electrons. The number of fused-ring (bicyclic) bond motifs is 2. The molecule has 21 heavy (non-hydrogen) atoms. The van der Waals surface area contributed by atoms with Crippen LogP contribution in [0, 0.1) is 0 Å². The van der Waals surface area contributed by atoms with Crippen molar-refractivity contribution < 1.29 is 18.9 Å². The van der Waals surface area contributed by atoms with Crippen molar-refractivity contribution in [2.75, 3.05) is 13.2 Å². The van der Waals surface area contributed by atoms with Crippen LogP contribution in [0.25, 0.3) is 0 Å². The molecule has 4 rings (SSSR count). The molecule has 2 heterocycles. The van der Waals surface area contributed by atoms with Crippen LogP contribution >= 0.6 is 0 Å². The van der Waals surface area contributed by atoms with Crippen molar-refractivity contribution >= 4 is 0 Å². The van der Waals surface area contributed by atoms with Crippen LogP contribution in [0.2, 0.25) is 0 Å². The van der Waals surface area contributed by atoms with E-state index in [2.05, 4.69) is 0 Å². The van der Waals surface area contributed by atoms with E-state index in [4.69, 9.17) is 18.9 Å². The summed E-state index contributed by atoms with van der Waals surface area (Å²) in [4.78, 5) is 0. The summed E-state index contributed by atoms with van der Waals surface area (Å²) in [7, 11) is 0. The number of hydrogen-bond donors (Lipinski definition) is 0. The fourth-order valence-corrected chi connectivity index (χ4v) is 2.40. The highest BCUT2D eigenvalue weighted by atomic mass is 16.6. The van der Waals surface area contributed by atoms with Crippen LogP contribution in [-0.4, -0.2) is 13.2 Å².